The maximum Gasteiger partial charge on any atom is 0.264 e. The number of nitrogens with one attached hydrogen (secondary N) is 1. The summed E-state index contributed by atoms with van der Waals surface area (Å²) in [6.45, 7) is 1.96. The highest BCUT2D eigenvalue weighted by Crippen LogP contribution is 2.28. The molecular weight excluding hydrogens is 410 g/mol. The number of thiazole rings is 1. The van der Waals surface area contributed by atoms with E-state index in [1.54, 1.807) is 13.1 Å². The normalized spacial score (nSPS) is 10.8. The number of rotatable bonds is 4. The zero-order valence-corrected chi connectivity index (χ0v) is 16.2. The van der Waals surface area contributed by atoms with E-state index in [9.17, 15) is 9.59 Å². The van der Waals surface area contributed by atoms with Gasteiger partial charge in [0.25, 0.3) is 5.91 Å². The van der Waals surface area contributed by atoms with Crippen molar-refractivity contribution in [3.63, 3.8) is 0 Å². The Kier molecular flexibility index (Phi) is 4.98. The van der Waals surface area contributed by atoms with E-state index in [1.807, 2.05) is 31.2 Å². The molecule has 3 aromatic rings. The molecule has 0 fully saturated rings. The van der Waals surface area contributed by atoms with Gasteiger partial charge in [0.15, 0.2) is 5.13 Å². The second-order valence-electron chi connectivity index (χ2n) is 5.25. The Hall–Kier alpha value is -1.77. The van der Waals surface area contributed by atoms with Crippen LogP contribution in [0.25, 0.3) is 10.2 Å². The Bertz CT molecular complexity index is 919. The Morgan fingerprint density at radius 3 is 2.71 bits per heavy atom. The number of aryl methyl sites for hydroxylation is 1. The van der Waals surface area contributed by atoms with Crippen molar-refractivity contribution < 1.29 is 9.59 Å². The van der Waals surface area contributed by atoms with Crippen LogP contribution in [0.1, 0.15) is 15.2 Å². The van der Waals surface area contributed by atoms with Crippen molar-refractivity contribution in [3.8, 4) is 0 Å². The van der Waals surface area contributed by atoms with E-state index in [-0.39, 0.29) is 18.4 Å². The van der Waals surface area contributed by atoms with Crippen molar-refractivity contribution in [2.75, 3.05) is 18.9 Å². The van der Waals surface area contributed by atoms with Crippen molar-refractivity contribution >= 4 is 65.8 Å². The first-order valence-electron chi connectivity index (χ1n) is 7.11. The quantitative estimate of drug-likeness (QED) is 0.685. The van der Waals surface area contributed by atoms with Crippen molar-refractivity contribution in [1.82, 2.24) is 9.88 Å². The molecule has 2 amide bonds. The maximum atomic E-state index is 12.3. The summed E-state index contributed by atoms with van der Waals surface area (Å²) in [5.41, 5.74) is 1.96. The lowest BCUT2D eigenvalue weighted by Gasteiger charge is -2.15. The summed E-state index contributed by atoms with van der Waals surface area (Å²) < 4.78 is 1.91. The van der Waals surface area contributed by atoms with Gasteiger partial charge in [0.2, 0.25) is 5.91 Å². The van der Waals surface area contributed by atoms with Crippen LogP contribution in [0.5, 0.6) is 0 Å². The van der Waals surface area contributed by atoms with Crippen LogP contribution in [0.15, 0.2) is 34.1 Å². The van der Waals surface area contributed by atoms with Crippen LogP contribution >= 0.6 is 38.6 Å². The highest BCUT2D eigenvalue weighted by molar-refractivity contribution is 9.11. The molecule has 0 aliphatic carbocycles. The molecule has 0 aliphatic rings. The lowest BCUT2D eigenvalue weighted by molar-refractivity contribution is -0.116. The second-order valence-corrected chi connectivity index (χ2v) is 8.75. The number of hydrogen-bond donors (Lipinski definition) is 1. The molecule has 0 aliphatic heterocycles. The van der Waals surface area contributed by atoms with Gasteiger partial charge in [0, 0.05) is 7.05 Å². The molecule has 1 aromatic carbocycles. The Labute approximate surface area is 155 Å². The number of amides is 2. The van der Waals surface area contributed by atoms with Gasteiger partial charge in [0.05, 0.1) is 25.4 Å². The third-order valence-electron chi connectivity index (χ3n) is 3.38. The van der Waals surface area contributed by atoms with E-state index in [2.05, 4.69) is 26.2 Å². The molecule has 2 aromatic heterocycles. The van der Waals surface area contributed by atoms with Gasteiger partial charge >= 0.3 is 0 Å². The molecule has 0 bridgehead atoms. The summed E-state index contributed by atoms with van der Waals surface area (Å²) in [5.74, 6) is -0.445. The van der Waals surface area contributed by atoms with Crippen LogP contribution in [0.2, 0.25) is 0 Å². The van der Waals surface area contributed by atoms with Gasteiger partial charge in [0.1, 0.15) is 0 Å². The molecule has 5 nitrogen and oxygen atoms in total. The zero-order valence-electron chi connectivity index (χ0n) is 13.0. The highest BCUT2D eigenvalue weighted by Gasteiger charge is 2.17. The molecule has 24 heavy (non-hydrogen) atoms. The third-order valence-corrected chi connectivity index (χ3v) is 5.93. The first kappa shape index (κ1) is 17.1. The predicted octanol–water partition coefficient (Wildman–Crippen LogP) is 4.14. The number of hydrogen-bond acceptors (Lipinski definition) is 5. The average Bonchev–Trinajstić information content (AvgIpc) is 3.13. The number of carbonyl (C=O) groups is 2. The summed E-state index contributed by atoms with van der Waals surface area (Å²) >= 11 is 6.10. The monoisotopic (exact) mass is 423 g/mol. The second kappa shape index (κ2) is 7.00. The number of anilines is 1. The predicted molar refractivity (Wildman–Crippen MR) is 102 cm³/mol. The fourth-order valence-corrected chi connectivity index (χ4v) is 4.54. The number of aromatic nitrogens is 1. The fourth-order valence-electron chi connectivity index (χ4n) is 2.20. The van der Waals surface area contributed by atoms with Crippen LogP contribution in [0.4, 0.5) is 5.13 Å². The smallest absolute Gasteiger partial charge is 0.264 e. The first-order valence-corrected chi connectivity index (χ1v) is 9.53. The van der Waals surface area contributed by atoms with Crippen LogP contribution in [0, 0.1) is 6.92 Å². The van der Waals surface area contributed by atoms with Crippen molar-refractivity contribution in [2.45, 2.75) is 6.92 Å². The Morgan fingerprint density at radius 2 is 2.04 bits per heavy atom. The summed E-state index contributed by atoms with van der Waals surface area (Å²) in [7, 11) is 1.61. The summed E-state index contributed by atoms with van der Waals surface area (Å²) in [6, 6.07) is 9.48. The van der Waals surface area contributed by atoms with E-state index in [1.165, 1.54) is 27.6 Å². The van der Waals surface area contributed by atoms with Crippen LogP contribution in [-0.2, 0) is 4.79 Å². The van der Waals surface area contributed by atoms with Gasteiger partial charge in [-0.25, -0.2) is 4.98 Å². The van der Waals surface area contributed by atoms with Gasteiger partial charge in [-0.05, 0) is 46.6 Å². The third kappa shape index (κ3) is 3.66. The van der Waals surface area contributed by atoms with Crippen LogP contribution in [0.3, 0.4) is 0 Å². The van der Waals surface area contributed by atoms with E-state index < -0.39 is 0 Å². The zero-order chi connectivity index (χ0) is 17.3. The molecule has 3 rings (SSSR count). The van der Waals surface area contributed by atoms with Gasteiger partial charge in [-0.15, -0.1) is 11.3 Å². The lowest BCUT2D eigenvalue weighted by atomic mass is 10.2. The summed E-state index contributed by atoms with van der Waals surface area (Å²) in [6.07, 6.45) is 0. The number of thiophene rings is 1. The number of likely N-dealkylation sites (N-methyl/N-ethyl adjacent to an activating group) is 1. The number of para-hydroxylation sites is 1. The molecular formula is C16H14BrN3O2S2. The van der Waals surface area contributed by atoms with Gasteiger partial charge in [-0.3, -0.25) is 9.59 Å². The molecule has 0 saturated heterocycles. The van der Waals surface area contributed by atoms with Crippen molar-refractivity contribution in [3.05, 3.63) is 44.6 Å². The molecule has 124 valence electrons. The Balaban J connectivity index is 1.66. The van der Waals surface area contributed by atoms with Crippen LogP contribution in [-0.4, -0.2) is 35.3 Å². The lowest BCUT2D eigenvalue weighted by Crippen LogP contribution is -2.34. The maximum absolute atomic E-state index is 12.3. The first-order chi connectivity index (χ1) is 11.4. The fraction of sp³-hybridized carbons (Fsp3) is 0.188. The number of carbonyl (C=O) groups excluding carboxylic acids is 2. The standard InChI is InChI=1S/C16H14BrN3O2S2/c1-9-4-3-5-10-14(9)19-16(24-10)18-13(21)8-20(2)15(22)11-6-7-12(17)23-11/h3-7H,8H2,1-2H3,(H,18,19,21). The van der Waals surface area contributed by atoms with E-state index in [4.69, 9.17) is 0 Å². The van der Waals surface area contributed by atoms with Crippen molar-refractivity contribution in [1.29, 1.82) is 0 Å². The summed E-state index contributed by atoms with van der Waals surface area (Å²) in [5, 5.41) is 3.32. The minimum Gasteiger partial charge on any atom is -0.332 e. The highest BCUT2D eigenvalue weighted by atomic mass is 79.9. The van der Waals surface area contributed by atoms with Gasteiger partial charge in [-0.2, -0.15) is 0 Å². The van der Waals surface area contributed by atoms with Crippen LogP contribution < -0.4 is 5.32 Å². The molecule has 2 heterocycles. The molecule has 0 atom stereocenters. The average molecular weight is 424 g/mol. The van der Waals surface area contributed by atoms with Crippen molar-refractivity contribution in [2.24, 2.45) is 0 Å². The molecule has 0 unspecified atom stereocenters. The Morgan fingerprint density at radius 1 is 1.25 bits per heavy atom. The number of nitrogens with zero attached hydrogens (tertiary/aromatic N) is 2. The summed E-state index contributed by atoms with van der Waals surface area (Å²) in [4.78, 5) is 30.9. The minimum atomic E-state index is -0.266. The number of benzene rings is 1. The van der Waals surface area contributed by atoms with Gasteiger partial charge in [-0.1, -0.05) is 23.5 Å². The SMILES string of the molecule is Cc1cccc2sc(NC(=O)CN(C)C(=O)c3ccc(Br)s3)nc12. The molecule has 0 spiro atoms. The van der Waals surface area contributed by atoms with Gasteiger partial charge < -0.3 is 10.2 Å². The minimum absolute atomic E-state index is 0.0245. The molecule has 0 saturated carbocycles. The van der Waals surface area contributed by atoms with E-state index in [0.717, 1.165) is 19.6 Å². The molecule has 8 heteroatoms. The molecule has 1 N–H and O–H groups in total. The van der Waals surface area contributed by atoms with E-state index in [0.29, 0.717) is 10.0 Å². The molecule has 0 radical (unpaired) electrons. The van der Waals surface area contributed by atoms with E-state index >= 15 is 0 Å². The largest absolute Gasteiger partial charge is 0.332 e. The number of halogens is 1. The number of fused-ring (bicyclic) bond motifs is 1. The topological polar surface area (TPSA) is 62.3 Å².